The number of amides is 1. The molecule has 0 bridgehead atoms. The number of carbonyl (C=O) groups excluding carboxylic acids is 2. The van der Waals surface area contributed by atoms with Crippen molar-refractivity contribution < 1.29 is 14.3 Å². The number of aromatic nitrogens is 2. The first-order valence-electron chi connectivity index (χ1n) is 9.79. The van der Waals surface area contributed by atoms with E-state index in [1.54, 1.807) is 6.07 Å². The number of nitrogens with one attached hydrogen (secondary N) is 2. The number of hydrogen-bond donors (Lipinski definition) is 2. The lowest BCUT2D eigenvalue weighted by molar-refractivity contribution is -0.123. The number of rotatable bonds is 5. The molecule has 1 fully saturated rings. The number of nitrogens with zero attached hydrogens (tertiary/aromatic N) is 1. The van der Waals surface area contributed by atoms with Gasteiger partial charge in [0.1, 0.15) is 16.3 Å². The number of hydrogen-bond acceptors (Lipinski definition) is 5. The van der Waals surface area contributed by atoms with Crippen LogP contribution in [-0.4, -0.2) is 27.4 Å². The third kappa shape index (κ3) is 4.34. The molecule has 4 rings (SSSR count). The van der Waals surface area contributed by atoms with Gasteiger partial charge in [-0.25, -0.2) is 9.78 Å². The normalized spacial score (nSPS) is 19.7. The van der Waals surface area contributed by atoms with Crippen LogP contribution in [0.4, 0.5) is 0 Å². The molecular formula is C22H25N3O3S. The largest absolute Gasteiger partial charge is 0.456 e. The van der Waals surface area contributed by atoms with Gasteiger partial charge >= 0.3 is 5.97 Å². The highest BCUT2D eigenvalue weighted by Crippen LogP contribution is 2.47. The van der Waals surface area contributed by atoms with Crippen molar-refractivity contribution in [1.82, 2.24) is 15.3 Å². The Kier molecular flexibility index (Phi) is 4.94. The molecule has 1 aliphatic rings. The van der Waals surface area contributed by atoms with Gasteiger partial charge in [0, 0.05) is 16.7 Å². The van der Waals surface area contributed by atoms with E-state index in [0.29, 0.717) is 4.88 Å². The minimum Gasteiger partial charge on any atom is -0.456 e. The Morgan fingerprint density at radius 2 is 2.00 bits per heavy atom. The summed E-state index contributed by atoms with van der Waals surface area (Å²) < 4.78 is 5.41. The van der Waals surface area contributed by atoms with E-state index in [2.05, 4.69) is 15.3 Å². The number of ether oxygens (including phenoxy) is 1. The topological polar surface area (TPSA) is 84.1 Å². The Bertz CT molecular complexity index is 1030. The molecule has 3 atom stereocenters. The van der Waals surface area contributed by atoms with Crippen molar-refractivity contribution in [3.05, 3.63) is 52.0 Å². The summed E-state index contributed by atoms with van der Waals surface area (Å²) in [4.78, 5) is 34.3. The van der Waals surface area contributed by atoms with Crippen LogP contribution in [0.2, 0.25) is 0 Å². The number of para-hydroxylation sites is 2. The van der Waals surface area contributed by atoms with Crippen LogP contribution in [0.5, 0.6) is 0 Å². The molecule has 29 heavy (non-hydrogen) atoms. The fourth-order valence-electron chi connectivity index (χ4n) is 3.35. The average Bonchev–Trinajstić information content (AvgIpc) is 3.10. The highest BCUT2D eigenvalue weighted by molar-refractivity contribution is 7.14. The van der Waals surface area contributed by atoms with Gasteiger partial charge in [-0.05, 0) is 58.4 Å². The number of benzene rings is 1. The number of carbonyl (C=O) groups is 2. The van der Waals surface area contributed by atoms with E-state index < -0.39 is 5.60 Å². The zero-order chi connectivity index (χ0) is 20.8. The minimum atomic E-state index is -0.529. The summed E-state index contributed by atoms with van der Waals surface area (Å²) in [6.45, 7) is 7.46. The fourth-order valence-corrected chi connectivity index (χ4v) is 4.24. The van der Waals surface area contributed by atoms with Crippen molar-refractivity contribution >= 4 is 34.2 Å². The van der Waals surface area contributed by atoms with Crippen molar-refractivity contribution in [2.24, 2.45) is 5.92 Å². The van der Waals surface area contributed by atoms with E-state index in [9.17, 15) is 9.59 Å². The number of fused-ring (bicyclic) bond motifs is 1. The van der Waals surface area contributed by atoms with Crippen LogP contribution in [0.1, 0.15) is 66.4 Å². The molecule has 2 heterocycles. The molecule has 1 amide bonds. The molecule has 7 heteroatoms. The molecule has 0 spiro atoms. The van der Waals surface area contributed by atoms with Crippen LogP contribution in [0.15, 0.2) is 36.4 Å². The molecular weight excluding hydrogens is 386 g/mol. The van der Waals surface area contributed by atoms with E-state index in [1.165, 1.54) is 11.3 Å². The van der Waals surface area contributed by atoms with Crippen LogP contribution in [0.25, 0.3) is 11.0 Å². The highest BCUT2D eigenvalue weighted by Gasteiger charge is 2.46. The highest BCUT2D eigenvalue weighted by atomic mass is 32.1. The van der Waals surface area contributed by atoms with Gasteiger partial charge < -0.3 is 15.0 Å². The van der Waals surface area contributed by atoms with Crippen molar-refractivity contribution in [2.75, 3.05) is 0 Å². The van der Waals surface area contributed by atoms with Crippen LogP contribution >= 0.6 is 11.3 Å². The Labute approximate surface area is 173 Å². The molecule has 3 unspecified atom stereocenters. The summed E-state index contributed by atoms with van der Waals surface area (Å²) in [5.74, 6) is 0.635. The van der Waals surface area contributed by atoms with Gasteiger partial charge in [-0.15, -0.1) is 11.3 Å². The van der Waals surface area contributed by atoms with Gasteiger partial charge in [0.15, 0.2) is 0 Å². The van der Waals surface area contributed by atoms with E-state index in [1.807, 2.05) is 58.0 Å². The lowest BCUT2D eigenvalue weighted by Crippen LogP contribution is -2.28. The number of aromatic amines is 1. The average molecular weight is 412 g/mol. The summed E-state index contributed by atoms with van der Waals surface area (Å²) >= 11 is 1.36. The third-order valence-corrected chi connectivity index (χ3v) is 6.15. The molecule has 0 aliphatic heterocycles. The first-order valence-corrected chi connectivity index (χ1v) is 10.6. The Hall–Kier alpha value is -2.67. The lowest BCUT2D eigenvalue weighted by Gasteiger charge is -2.18. The maximum atomic E-state index is 12.7. The van der Waals surface area contributed by atoms with Crippen molar-refractivity contribution in [1.29, 1.82) is 0 Å². The van der Waals surface area contributed by atoms with Crippen molar-refractivity contribution in [3.63, 3.8) is 0 Å². The predicted octanol–water partition coefficient (Wildman–Crippen LogP) is 4.56. The van der Waals surface area contributed by atoms with E-state index in [-0.39, 0.29) is 29.8 Å². The van der Waals surface area contributed by atoms with Crippen molar-refractivity contribution in [3.8, 4) is 0 Å². The Morgan fingerprint density at radius 3 is 2.72 bits per heavy atom. The molecule has 2 aromatic heterocycles. The quantitative estimate of drug-likeness (QED) is 0.603. The molecule has 1 saturated carbocycles. The molecule has 6 nitrogen and oxygen atoms in total. The molecule has 3 aromatic rings. The van der Waals surface area contributed by atoms with Gasteiger partial charge in [0.05, 0.1) is 17.1 Å². The SMILES string of the molecule is CC(NC(=O)C1CC1c1nc2ccccc2[nH]1)c1ccc(C(=O)OC(C)(C)C)s1. The number of H-pyrrole nitrogens is 1. The number of thiophene rings is 1. The van der Waals surface area contributed by atoms with Crippen LogP contribution in [0, 0.1) is 5.92 Å². The second-order valence-corrected chi connectivity index (χ2v) is 9.64. The molecule has 2 N–H and O–H groups in total. The second kappa shape index (κ2) is 7.30. The van der Waals surface area contributed by atoms with Gasteiger partial charge in [-0.3, -0.25) is 4.79 Å². The van der Waals surface area contributed by atoms with Crippen LogP contribution in [0.3, 0.4) is 0 Å². The smallest absolute Gasteiger partial charge is 0.348 e. The number of imidazole rings is 1. The van der Waals surface area contributed by atoms with Gasteiger partial charge in [0.2, 0.25) is 5.91 Å². The first-order chi connectivity index (χ1) is 13.7. The molecule has 152 valence electrons. The predicted molar refractivity (Wildman–Crippen MR) is 113 cm³/mol. The maximum absolute atomic E-state index is 12.7. The lowest BCUT2D eigenvalue weighted by atomic mass is 10.2. The third-order valence-electron chi connectivity index (χ3n) is 4.90. The van der Waals surface area contributed by atoms with E-state index in [4.69, 9.17) is 4.74 Å². The summed E-state index contributed by atoms with van der Waals surface area (Å²) in [5.41, 5.74) is 1.39. The number of esters is 1. The summed E-state index contributed by atoms with van der Waals surface area (Å²) in [5, 5.41) is 3.07. The second-order valence-electron chi connectivity index (χ2n) is 8.52. The van der Waals surface area contributed by atoms with E-state index >= 15 is 0 Å². The summed E-state index contributed by atoms with van der Waals surface area (Å²) in [7, 11) is 0. The van der Waals surface area contributed by atoms with Gasteiger partial charge in [-0.1, -0.05) is 12.1 Å². The fraction of sp³-hybridized carbons (Fsp3) is 0.409. The maximum Gasteiger partial charge on any atom is 0.348 e. The summed E-state index contributed by atoms with van der Waals surface area (Å²) in [6, 6.07) is 11.3. The zero-order valence-corrected chi connectivity index (χ0v) is 17.8. The van der Waals surface area contributed by atoms with Crippen molar-refractivity contribution in [2.45, 2.75) is 51.7 Å². The monoisotopic (exact) mass is 411 g/mol. The molecule has 1 aromatic carbocycles. The zero-order valence-electron chi connectivity index (χ0n) is 17.0. The minimum absolute atomic E-state index is 0.0233. The van der Waals surface area contributed by atoms with Crippen LogP contribution < -0.4 is 5.32 Å². The van der Waals surface area contributed by atoms with Crippen LogP contribution in [-0.2, 0) is 9.53 Å². The molecule has 0 radical (unpaired) electrons. The standard InChI is InChI=1S/C22H25N3O3S/c1-12(17-9-10-18(29-17)21(27)28-22(2,3)4)23-20(26)14-11-13(14)19-24-15-7-5-6-8-16(15)25-19/h5-10,12-14H,11H2,1-4H3,(H,23,26)(H,24,25). The molecule has 0 saturated heterocycles. The first kappa shape index (κ1) is 19.6. The molecule has 1 aliphatic carbocycles. The summed E-state index contributed by atoms with van der Waals surface area (Å²) in [6.07, 6.45) is 0.798. The van der Waals surface area contributed by atoms with Gasteiger partial charge in [0.25, 0.3) is 0 Å². The van der Waals surface area contributed by atoms with Gasteiger partial charge in [-0.2, -0.15) is 0 Å². The Morgan fingerprint density at radius 1 is 1.24 bits per heavy atom. The van der Waals surface area contributed by atoms with E-state index in [0.717, 1.165) is 28.2 Å². The Balaban J connectivity index is 1.36.